The fourth-order valence-corrected chi connectivity index (χ4v) is 3.15. The Balaban J connectivity index is 1.54. The van der Waals surface area contributed by atoms with Gasteiger partial charge in [-0.2, -0.15) is 0 Å². The van der Waals surface area contributed by atoms with Crippen molar-refractivity contribution in [3.8, 4) is 11.5 Å². The lowest BCUT2D eigenvalue weighted by Gasteiger charge is -2.20. The van der Waals surface area contributed by atoms with E-state index in [1.807, 2.05) is 38.1 Å². The number of furan rings is 1. The van der Waals surface area contributed by atoms with Gasteiger partial charge in [0.25, 0.3) is 5.91 Å². The molecule has 0 radical (unpaired) electrons. The van der Waals surface area contributed by atoms with Gasteiger partial charge in [-0.3, -0.25) is 4.79 Å². The summed E-state index contributed by atoms with van der Waals surface area (Å²) in [5.74, 6) is 2.11. The lowest BCUT2D eigenvalue weighted by atomic mass is 9.86. The minimum Gasteiger partial charge on any atom is -0.494 e. The Morgan fingerprint density at radius 3 is 2.13 bits per heavy atom. The lowest BCUT2D eigenvalue weighted by Crippen LogP contribution is -2.26. The average Bonchev–Trinajstić information content (AvgIpc) is 3.22. The molecule has 5 nitrogen and oxygen atoms in total. The zero-order valence-electron chi connectivity index (χ0n) is 18.9. The highest BCUT2D eigenvalue weighted by Crippen LogP contribution is 2.24. The summed E-state index contributed by atoms with van der Waals surface area (Å²) in [5.41, 5.74) is 2.41. The van der Waals surface area contributed by atoms with Crippen LogP contribution < -0.4 is 14.8 Å². The van der Waals surface area contributed by atoms with E-state index in [1.54, 1.807) is 12.1 Å². The quantitative estimate of drug-likeness (QED) is 0.481. The number of hydrogen-bond donors (Lipinski definition) is 1. The first-order chi connectivity index (χ1) is 14.8. The van der Waals surface area contributed by atoms with Crippen LogP contribution in [0.4, 0.5) is 0 Å². The molecule has 1 atom stereocenters. The molecule has 0 spiro atoms. The van der Waals surface area contributed by atoms with Crippen LogP contribution >= 0.6 is 0 Å². The fraction of sp³-hybridized carbons (Fsp3) is 0.346. The van der Waals surface area contributed by atoms with Gasteiger partial charge < -0.3 is 19.2 Å². The fourth-order valence-electron chi connectivity index (χ4n) is 3.15. The summed E-state index contributed by atoms with van der Waals surface area (Å²) < 4.78 is 16.8. The second-order valence-corrected chi connectivity index (χ2v) is 8.53. The van der Waals surface area contributed by atoms with Crippen LogP contribution in [0.1, 0.15) is 68.1 Å². The molecular formula is C26H31NO4. The van der Waals surface area contributed by atoms with Gasteiger partial charge in [0.15, 0.2) is 5.76 Å². The van der Waals surface area contributed by atoms with Crippen molar-refractivity contribution in [1.29, 1.82) is 0 Å². The van der Waals surface area contributed by atoms with E-state index in [9.17, 15) is 4.79 Å². The highest BCUT2D eigenvalue weighted by Gasteiger charge is 2.17. The maximum absolute atomic E-state index is 12.6. The van der Waals surface area contributed by atoms with Crippen LogP contribution in [0.25, 0.3) is 0 Å². The SMILES string of the molecule is CCOc1ccc(OCc2ccc(C(=O)N[C@@H](C)c3ccc(C(C)(C)C)cc3)o2)cc1. The van der Waals surface area contributed by atoms with Crippen LogP contribution in [0, 0.1) is 0 Å². The minimum absolute atomic E-state index is 0.100. The normalized spacial score (nSPS) is 12.3. The second kappa shape index (κ2) is 9.73. The highest BCUT2D eigenvalue weighted by molar-refractivity contribution is 5.91. The molecule has 3 rings (SSSR count). The smallest absolute Gasteiger partial charge is 0.287 e. The van der Waals surface area contributed by atoms with Gasteiger partial charge in [0, 0.05) is 0 Å². The first-order valence-corrected chi connectivity index (χ1v) is 10.6. The third-order valence-corrected chi connectivity index (χ3v) is 5.03. The van der Waals surface area contributed by atoms with Gasteiger partial charge in [-0.25, -0.2) is 0 Å². The van der Waals surface area contributed by atoms with Crippen LogP contribution in [-0.4, -0.2) is 12.5 Å². The van der Waals surface area contributed by atoms with E-state index in [1.165, 1.54) is 5.56 Å². The molecule has 5 heteroatoms. The Morgan fingerprint density at radius 2 is 1.55 bits per heavy atom. The molecule has 1 N–H and O–H groups in total. The molecule has 0 bridgehead atoms. The molecule has 0 aliphatic carbocycles. The Bertz CT molecular complexity index is 981. The van der Waals surface area contributed by atoms with Crippen molar-refractivity contribution in [2.45, 2.75) is 52.7 Å². The van der Waals surface area contributed by atoms with E-state index in [-0.39, 0.29) is 29.7 Å². The van der Waals surface area contributed by atoms with E-state index in [0.717, 1.165) is 11.3 Å². The molecule has 1 aromatic heterocycles. The topological polar surface area (TPSA) is 60.7 Å². The van der Waals surface area contributed by atoms with Gasteiger partial charge in [0.05, 0.1) is 12.6 Å². The summed E-state index contributed by atoms with van der Waals surface area (Å²) in [6.45, 7) is 11.3. The summed E-state index contributed by atoms with van der Waals surface area (Å²) in [6.07, 6.45) is 0. The Kier molecular flexibility index (Phi) is 7.06. The maximum atomic E-state index is 12.6. The standard InChI is InChI=1S/C26H31NO4/c1-6-29-21-11-13-22(14-12-21)30-17-23-15-16-24(31-23)25(28)27-18(2)19-7-9-20(10-8-19)26(3,4)5/h7-16,18H,6,17H2,1-5H3,(H,27,28)/t18-/m0/s1. The highest BCUT2D eigenvalue weighted by atomic mass is 16.5. The number of carbonyl (C=O) groups excluding carboxylic acids is 1. The van der Waals surface area contributed by atoms with Gasteiger partial charge in [-0.15, -0.1) is 0 Å². The zero-order valence-corrected chi connectivity index (χ0v) is 18.9. The number of benzene rings is 2. The van der Waals surface area contributed by atoms with Crippen molar-refractivity contribution in [3.63, 3.8) is 0 Å². The predicted molar refractivity (Wildman–Crippen MR) is 122 cm³/mol. The molecule has 0 unspecified atom stereocenters. The predicted octanol–water partition coefficient (Wildman–Crippen LogP) is 6.05. The van der Waals surface area contributed by atoms with Crippen LogP contribution in [0.15, 0.2) is 65.1 Å². The van der Waals surface area contributed by atoms with Crippen molar-refractivity contribution < 1.29 is 18.7 Å². The second-order valence-electron chi connectivity index (χ2n) is 8.53. The number of ether oxygens (including phenoxy) is 2. The molecule has 1 amide bonds. The number of amides is 1. The van der Waals surface area contributed by atoms with Crippen LogP contribution in [0.5, 0.6) is 11.5 Å². The van der Waals surface area contributed by atoms with Gasteiger partial charge >= 0.3 is 0 Å². The molecule has 0 aliphatic rings. The Labute approximate surface area is 184 Å². The molecule has 3 aromatic rings. The summed E-state index contributed by atoms with van der Waals surface area (Å²) in [6, 6.07) is 19.0. The monoisotopic (exact) mass is 421 g/mol. The van der Waals surface area contributed by atoms with E-state index >= 15 is 0 Å². The summed E-state index contributed by atoms with van der Waals surface area (Å²) >= 11 is 0. The van der Waals surface area contributed by atoms with Crippen LogP contribution in [0.3, 0.4) is 0 Å². The van der Waals surface area contributed by atoms with E-state index in [2.05, 4.69) is 50.4 Å². The number of carbonyl (C=O) groups is 1. The molecule has 2 aromatic carbocycles. The van der Waals surface area contributed by atoms with Gasteiger partial charge in [0.1, 0.15) is 23.9 Å². The first-order valence-electron chi connectivity index (χ1n) is 10.6. The van der Waals surface area contributed by atoms with Crippen molar-refractivity contribution in [3.05, 3.63) is 83.3 Å². The number of rotatable bonds is 8. The number of hydrogen-bond acceptors (Lipinski definition) is 4. The van der Waals surface area contributed by atoms with Crippen molar-refractivity contribution in [2.24, 2.45) is 0 Å². The molecule has 0 saturated carbocycles. The molecule has 164 valence electrons. The van der Waals surface area contributed by atoms with Crippen molar-refractivity contribution in [2.75, 3.05) is 6.61 Å². The van der Waals surface area contributed by atoms with Gasteiger partial charge in [0.2, 0.25) is 0 Å². The van der Waals surface area contributed by atoms with Gasteiger partial charge in [-0.1, -0.05) is 45.0 Å². The summed E-state index contributed by atoms with van der Waals surface area (Å²) in [5, 5.41) is 2.99. The average molecular weight is 422 g/mol. The van der Waals surface area contributed by atoms with Gasteiger partial charge in [-0.05, 0) is 66.8 Å². The van der Waals surface area contributed by atoms with E-state index < -0.39 is 0 Å². The van der Waals surface area contributed by atoms with Crippen LogP contribution in [0.2, 0.25) is 0 Å². The van der Waals surface area contributed by atoms with E-state index in [0.29, 0.717) is 18.1 Å². The van der Waals surface area contributed by atoms with Crippen molar-refractivity contribution >= 4 is 5.91 Å². The first kappa shape index (κ1) is 22.5. The molecule has 0 aliphatic heterocycles. The molecular weight excluding hydrogens is 390 g/mol. The minimum atomic E-state index is -0.250. The third-order valence-electron chi connectivity index (χ3n) is 5.03. The molecule has 0 fully saturated rings. The summed E-state index contributed by atoms with van der Waals surface area (Å²) in [7, 11) is 0. The Morgan fingerprint density at radius 1 is 0.935 bits per heavy atom. The number of nitrogens with one attached hydrogen (secondary N) is 1. The summed E-state index contributed by atoms with van der Waals surface area (Å²) in [4.78, 5) is 12.6. The lowest BCUT2D eigenvalue weighted by molar-refractivity contribution is 0.0907. The van der Waals surface area contributed by atoms with Crippen molar-refractivity contribution in [1.82, 2.24) is 5.32 Å². The Hall–Kier alpha value is -3.21. The third kappa shape index (κ3) is 6.14. The molecule has 0 saturated heterocycles. The zero-order chi connectivity index (χ0) is 22.4. The largest absolute Gasteiger partial charge is 0.494 e. The maximum Gasteiger partial charge on any atom is 0.287 e. The van der Waals surface area contributed by atoms with E-state index in [4.69, 9.17) is 13.9 Å². The molecule has 31 heavy (non-hydrogen) atoms. The van der Waals surface area contributed by atoms with Crippen LogP contribution in [-0.2, 0) is 12.0 Å². The molecule has 1 heterocycles.